The predicted octanol–water partition coefficient (Wildman–Crippen LogP) is 4.54. The zero-order valence-corrected chi connectivity index (χ0v) is 20.2. The zero-order valence-electron chi connectivity index (χ0n) is 19.4. The lowest BCUT2D eigenvalue weighted by molar-refractivity contribution is 0.102. The first-order valence-corrected chi connectivity index (χ1v) is 12.1. The van der Waals surface area contributed by atoms with E-state index in [1.54, 1.807) is 49.6 Å². The van der Waals surface area contributed by atoms with E-state index in [9.17, 15) is 13.2 Å². The molecule has 0 spiro atoms. The van der Waals surface area contributed by atoms with Crippen LogP contribution in [0.2, 0.25) is 0 Å². The zero-order chi connectivity index (χ0) is 24.2. The Morgan fingerprint density at radius 2 is 1.48 bits per heavy atom. The summed E-state index contributed by atoms with van der Waals surface area (Å²) in [4.78, 5) is 12.7. The first-order valence-electron chi connectivity index (χ1n) is 10.3. The van der Waals surface area contributed by atoms with E-state index in [-0.39, 0.29) is 12.5 Å². The number of carbonyl (C=O) groups is 1. The van der Waals surface area contributed by atoms with Gasteiger partial charge in [0, 0.05) is 17.3 Å². The van der Waals surface area contributed by atoms with Crippen molar-refractivity contribution in [3.05, 3.63) is 82.9 Å². The highest BCUT2D eigenvalue weighted by Gasteiger charge is 2.19. The Kier molecular flexibility index (Phi) is 7.28. The quantitative estimate of drug-likeness (QED) is 0.525. The standard InChI is InChI=1S/C25H28N2O5S/c1-17-12-18(2)14-22(13-17)27(33(5,29)30)16-19-6-8-20(9-7-19)25(28)26-21-10-11-23(31-3)24(15-21)32-4/h6-15H,16H2,1-5H3,(H,26,28). The van der Waals surface area contributed by atoms with Gasteiger partial charge in [-0.2, -0.15) is 0 Å². The van der Waals surface area contributed by atoms with Gasteiger partial charge in [0.1, 0.15) is 0 Å². The Balaban J connectivity index is 1.78. The van der Waals surface area contributed by atoms with E-state index in [1.807, 2.05) is 32.0 Å². The molecule has 0 radical (unpaired) electrons. The molecule has 1 N–H and O–H groups in total. The Bertz CT molecular complexity index is 1230. The van der Waals surface area contributed by atoms with E-state index in [0.29, 0.717) is 28.4 Å². The third-order valence-electron chi connectivity index (χ3n) is 5.08. The van der Waals surface area contributed by atoms with Crippen LogP contribution in [0.4, 0.5) is 11.4 Å². The van der Waals surface area contributed by atoms with Crippen molar-refractivity contribution in [2.24, 2.45) is 0 Å². The van der Waals surface area contributed by atoms with Gasteiger partial charge in [-0.15, -0.1) is 0 Å². The molecule has 0 bridgehead atoms. The molecule has 0 aromatic heterocycles. The highest BCUT2D eigenvalue weighted by molar-refractivity contribution is 7.92. The highest BCUT2D eigenvalue weighted by Crippen LogP contribution is 2.30. The maximum atomic E-state index is 12.7. The summed E-state index contributed by atoms with van der Waals surface area (Å²) in [5.41, 5.74) is 4.37. The van der Waals surface area contributed by atoms with Crippen molar-refractivity contribution in [3.63, 3.8) is 0 Å². The topological polar surface area (TPSA) is 84.9 Å². The van der Waals surface area contributed by atoms with Gasteiger partial charge in [-0.3, -0.25) is 9.10 Å². The number of nitrogens with one attached hydrogen (secondary N) is 1. The van der Waals surface area contributed by atoms with Gasteiger partial charge in [-0.1, -0.05) is 18.2 Å². The highest BCUT2D eigenvalue weighted by atomic mass is 32.2. The van der Waals surface area contributed by atoms with Crippen LogP contribution in [0.25, 0.3) is 0 Å². The van der Waals surface area contributed by atoms with E-state index in [2.05, 4.69) is 5.32 Å². The Morgan fingerprint density at radius 1 is 0.879 bits per heavy atom. The van der Waals surface area contributed by atoms with Crippen LogP contribution in [0.15, 0.2) is 60.7 Å². The minimum absolute atomic E-state index is 0.166. The molecule has 0 unspecified atom stereocenters. The number of hydrogen-bond donors (Lipinski definition) is 1. The summed E-state index contributed by atoms with van der Waals surface area (Å²) in [5, 5.41) is 2.83. The van der Waals surface area contributed by atoms with Crippen LogP contribution in [0, 0.1) is 13.8 Å². The lowest BCUT2D eigenvalue weighted by atomic mass is 10.1. The number of nitrogens with zero attached hydrogens (tertiary/aromatic N) is 1. The Morgan fingerprint density at radius 3 is 2.03 bits per heavy atom. The molecule has 0 aliphatic carbocycles. The number of methoxy groups -OCH3 is 2. The van der Waals surface area contributed by atoms with Crippen molar-refractivity contribution in [3.8, 4) is 11.5 Å². The largest absolute Gasteiger partial charge is 0.493 e. The molecule has 3 rings (SSSR count). The summed E-state index contributed by atoms with van der Waals surface area (Å²) in [6.45, 7) is 4.03. The van der Waals surface area contributed by atoms with E-state index >= 15 is 0 Å². The van der Waals surface area contributed by atoms with Gasteiger partial charge in [0.05, 0.1) is 32.7 Å². The van der Waals surface area contributed by atoms with Gasteiger partial charge in [0.2, 0.25) is 10.0 Å². The number of hydrogen-bond acceptors (Lipinski definition) is 5. The smallest absolute Gasteiger partial charge is 0.255 e. The summed E-state index contributed by atoms with van der Waals surface area (Å²) in [7, 11) is -0.425. The second-order valence-electron chi connectivity index (χ2n) is 7.84. The van der Waals surface area contributed by atoms with Gasteiger partial charge >= 0.3 is 0 Å². The van der Waals surface area contributed by atoms with Crippen LogP contribution in [-0.4, -0.2) is 34.8 Å². The number of aryl methyl sites for hydroxylation is 2. The number of sulfonamides is 1. The predicted molar refractivity (Wildman–Crippen MR) is 131 cm³/mol. The second kappa shape index (κ2) is 9.95. The molecule has 33 heavy (non-hydrogen) atoms. The number of rotatable bonds is 8. The molecule has 0 saturated carbocycles. The molecule has 0 aliphatic rings. The molecule has 0 saturated heterocycles. The van der Waals surface area contributed by atoms with Gasteiger partial charge in [-0.05, 0) is 66.9 Å². The average Bonchev–Trinajstić information content (AvgIpc) is 2.76. The first kappa shape index (κ1) is 24.1. The van der Waals surface area contributed by atoms with Crippen molar-refractivity contribution >= 4 is 27.3 Å². The van der Waals surface area contributed by atoms with E-state index in [0.717, 1.165) is 16.7 Å². The molecule has 174 valence electrons. The van der Waals surface area contributed by atoms with Crippen LogP contribution in [-0.2, 0) is 16.6 Å². The van der Waals surface area contributed by atoms with Crippen molar-refractivity contribution < 1.29 is 22.7 Å². The summed E-state index contributed by atoms with van der Waals surface area (Å²) >= 11 is 0. The minimum Gasteiger partial charge on any atom is -0.493 e. The summed E-state index contributed by atoms with van der Waals surface area (Å²) in [6.07, 6.45) is 1.19. The van der Waals surface area contributed by atoms with Crippen molar-refractivity contribution in [1.29, 1.82) is 0 Å². The van der Waals surface area contributed by atoms with E-state index < -0.39 is 10.0 Å². The van der Waals surface area contributed by atoms with Gasteiger partial charge in [0.15, 0.2) is 11.5 Å². The number of ether oxygens (including phenoxy) is 2. The Labute approximate surface area is 195 Å². The maximum absolute atomic E-state index is 12.7. The van der Waals surface area contributed by atoms with Crippen molar-refractivity contribution in [2.75, 3.05) is 30.1 Å². The molecule has 3 aromatic carbocycles. The third kappa shape index (κ3) is 6.04. The molecular weight excluding hydrogens is 440 g/mol. The van der Waals surface area contributed by atoms with Crippen LogP contribution in [0.5, 0.6) is 11.5 Å². The number of amides is 1. The van der Waals surface area contributed by atoms with Crippen LogP contribution >= 0.6 is 0 Å². The molecule has 8 heteroatoms. The third-order valence-corrected chi connectivity index (χ3v) is 6.22. The number of benzene rings is 3. The van der Waals surface area contributed by atoms with Gasteiger partial charge < -0.3 is 14.8 Å². The van der Waals surface area contributed by atoms with Gasteiger partial charge in [-0.25, -0.2) is 8.42 Å². The van der Waals surface area contributed by atoms with E-state index in [4.69, 9.17) is 9.47 Å². The fraction of sp³-hybridized carbons (Fsp3) is 0.240. The SMILES string of the molecule is COc1ccc(NC(=O)c2ccc(CN(c3cc(C)cc(C)c3)S(C)(=O)=O)cc2)cc1OC. The van der Waals surface area contributed by atoms with Crippen molar-refractivity contribution in [2.45, 2.75) is 20.4 Å². The molecule has 7 nitrogen and oxygen atoms in total. The fourth-order valence-corrected chi connectivity index (χ4v) is 4.41. The average molecular weight is 469 g/mol. The fourth-order valence-electron chi connectivity index (χ4n) is 3.54. The second-order valence-corrected chi connectivity index (χ2v) is 9.74. The molecule has 0 heterocycles. The molecule has 3 aromatic rings. The van der Waals surface area contributed by atoms with Gasteiger partial charge in [0.25, 0.3) is 5.91 Å². The monoisotopic (exact) mass is 468 g/mol. The van der Waals surface area contributed by atoms with Crippen LogP contribution in [0.1, 0.15) is 27.0 Å². The Hall–Kier alpha value is -3.52. The van der Waals surface area contributed by atoms with Crippen LogP contribution in [0.3, 0.4) is 0 Å². The molecule has 0 aliphatic heterocycles. The molecule has 0 atom stereocenters. The molecule has 1 amide bonds. The van der Waals surface area contributed by atoms with Crippen molar-refractivity contribution in [1.82, 2.24) is 0 Å². The summed E-state index contributed by atoms with van der Waals surface area (Å²) in [6, 6.07) is 17.7. The number of anilines is 2. The summed E-state index contributed by atoms with van der Waals surface area (Å²) < 4.78 is 36.8. The van der Waals surface area contributed by atoms with E-state index in [1.165, 1.54) is 17.7 Å². The molecule has 0 fully saturated rings. The summed E-state index contributed by atoms with van der Waals surface area (Å²) in [5.74, 6) is 0.792. The maximum Gasteiger partial charge on any atom is 0.255 e. The molecular formula is C25H28N2O5S. The first-order chi connectivity index (χ1) is 15.6. The van der Waals surface area contributed by atoms with Crippen LogP contribution < -0.4 is 19.1 Å². The lowest BCUT2D eigenvalue weighted by Crippen LogP contribution is -2.29. The lowest BCUT2D eigenvalue weighted by Gasteiger charge is -2.23. The normalized spacial score (nSPS) is 11.1. The minimum atomic E-state index is -3.50. The number of carbonyl (C=O) groups excluding carboxylic acids is 1.